The predicted octanol–water partition coefficient (Wildman–Crippen LogP) is 8.95. The maximum Gasteiger partial charge on any atom is 0.524 e. The van der Waals surface area contributed by atoms with E-state index < -0.39 is 43.6 Å². The molecule has 4 rings (SSSR count). The number of ether oxygens (including phenoxy) is 1. The number of phosphoric acid groups is 1. The number of rotatable bonds is 20. The van der Waals surface area contributed by atoms with Crippen LogP contribution >= 0.6 is 7.82 Å². The van der Waals surface area contributed by atoms with Gasteiger partial charge in [0.25, 0.3) is 0 Å². The number of esters is 1. The number of benzene rings is 1. The van der Waals surface area contributed by atoms with Crippen LogP contribution in [0.2, 0.25) is 0 Å². The van der Waals surface area contributed by atoms with Crippen molar-refractivity contribution in [1.82, 2.24) is 4.90 Å². The molecule has 2 saturated carbocycles. The third-order valence-electron chi connectivity index (χ3n) is 11.8. The third kappa shape index (κ3) is 11.7. The molecule has 2 fully saturated rings. The van der Waals surface area contributed by atoms with Crippen molar-refractivity contribution in [3.8, 4) is 5.75 Å². The molecule has 0 aromatic heterocycles. The number of phosphoric ester groups is 1. The van der Waals surface area contributed by atoms with Crippen LogP contribution in [0, 0.1) is 23.2 Å². The Hall–Kier alpha value is -1.60. The van der Waals surface area contributed by atoms with Gasteiger partial charge >= 0.3 is 25.9 Å². The molecule has 0 saturated heterocycles. The van der Waals surface area contributed by atoms with Crippen molar-refractivity contribution in [2.45, 2.75) is 134 Å². The van der Waals surface area contributed by atoms with Gasteiger partial charge in [-0.15, -0.1) is 0 Å². The minimum atomic E-state index is -5.57. The summed E-state index contributed by atoms with van der Waals surface area (Å²) in [5, 5.41) is 0. The second kappa shape index (κ2) is 18.4. The topological polar surface area (TPSA) is 113 Å². The predicted molar refractivity (Wildman–Crippen MR) is 191 cm³/mol. The molecule has 1 unspecified atom stereocenters. The zero-order valence-corrected chi connectivity index (χ0v) is 32.4. The van der Waals surface area contributed by atoms with Gasteiger partial charge in [0.1, 0.15) is 11.9 Å². The number of hydrogen-bond donors (Lipinski definition) is 2. The number of carbonyl (C=O) groups excluding carboxylic acids is 1. The largest absolute Gasteiger partial charge is 0.524 e. The van der Waals surface area contributed by atoms with E-state index in [0.29, 0.717) is 48.8 Å². The summed E-state index contributed by atoms with van der Waals surface area (Å²) >= 11 is 0. The standard InChI is InChI=1S/C37H57F5NO7PS/c1-35-20-17-30-29-14-13-28(50-51(45,46)47)25-27(29)24-26(34(30)31(35)15-16-32(35)49-33(44)18-21-43(2)3)12-9-7-5-4-6-8-10-22-52(48)23-11-19-36(38,39)37(40,41)42/h13-14,25-26,30-32,34H,4-12,15-24H2,1-3H3,(H2,45,46,47)/t26-,30-,31+,32+,34-,35+,52?/m1/s1. The Balaban J connectivity index is 1.29. The number of alkyl halides is 5. The van der Waals surface area contributed by atoms with Gasteiger partial charge in [0.15, 0.2) is 0 Å². The van der Waals surface area contributed by atoms with E-state index in [1.165, 1.54) is 5.56 Å². The zero-order chi connectivity index (χ0) is 38.3. The Morgan fingerprint density at radius 2 is 1.63 bits per heavy atom. The average Bonchev–Trinajstić information content (AvgIpc) is 3.36. The number of fused-ring (bicyclic) bond motifs is 5. The van der Waals surface area contributed by atoms with Gasteiger partial charge in [-0.05, 0) is 112 Å². The highest BCUT2D eigenvalue weighted by Crippen LogP contribution is 2.63. The molecule has 15 heteroatoms. The summed E-state index contributed by atoms with van der Waals surface area (Å²) < 4.78 is 97.8. The molecule has 7 atom stereocenters. The van der Waals surface area contributed by atoms with Gasteiger partial charge in [0.05, 0.1) is 6.42 Å². The Morgan fingerprint density at radius 3 is 2.29 bits per heavy atom. The normalized spacial score (nSPS) is 26.8. The number of hydrogen-bond acceptors (Lipinski definition) is 6. The van der Waals surface area contributed by atoms with Gasteiger partial charge in [-0.1, -0.05) is 51.5 Å². The summed E-state index contributed by atoms with van der Waals surface area (Å²) in [5.41, 5.74) is 2.20. The molecule has 3 aliphatic rings. The van der Waals surface area contributed by atoms with E-state index in [1.54, 1.807) is 12.1 Å². The summed E-state index contributed by atoms with van der Waals surface area (Å²) in [6, 6.07) is 5.43. The van der Waals surface area contributed by atoms with Gasteiger partial charge < -0.3 is 14.2 Å². The Labute approximate surface area is 307 Å². The summed E-state index contributed by atoms with van der Waals surface area (Å²) in [4.78, 5) is 33.6. The minimum absolute atomic E-state index is 0.105. The van der Waals surface area contributed by atoms with Crippen LogP contribution in [0.1, 0.15) is 120 Å². The van der Waals surface area contributed by atoms with E-state index in [0.717, 1.165) is 82.6 Å². The van der Waals surface area contributed by atoms with E-state index in [-0.39, 0.29) is 29.0 Å². The first-order valence-electron chi connectivity index (χ1n) is 18.8. The van der Waals surface area contributed by atoms with E-state index in [2.05, 4.69) is 6.92 Å². The summed E-state index contributed by atoms with van der Waals surface area (Å²) in [6.07, 6.45) is 4.96. The first-order chi connectivity index (χ1) is 24.3. The van der Waals surface area contributed by atoms with Gasteiger partial charge in [-0.25, -0.2) is 4.57 Å². The highest BCUT2D eigenvalue weighted by Gasteiger charge is 2.58. The smallest absolute Gasteiger partial charge is 0.462 e. The molecular formula is C37H57F5NO7PS. The average molecular weight is 786 g/mol. The molecule has 52 heavy (non-hydrogen) atoms. The first kappa shape index (κ1) is 43.1. The van der Waals surface area contributed by atoms with Crippen molar-refractivity contribution in [1.29, 1.82) is 0 Å². The molecule has 298 valence electrons. The number of nitrogens with zero attached hydrogens (tertiary/aromatic N) is 1. The first-order valence-corrected chi connectivity index (χ1v) is 21.8. The fourth-order valence-corrected chi connectivity index (χ4v) is 10.8. The molecule has 1 aromatic carbocycles. The maximum atomic E-state index is 13.1. The van der Waals surface area contributed by atoms with Crippen LogP contribution in [0.15, 0.2) is 18.2 Å². The number of halogens is 5. The van der Waals surface area contributed by atoms with E-state index in [1.807, 2.05) is 25.1 Å². The second-order valence-electron chi connectivity index (χ2n) is 15.8. The van der Waals surface area contributed by atoms with Gasteiger partial charge in [0, 0.05) is 40.7 Å². The zero-order valence-electron chi connectivity index (χ0n) is 30.7. The Morgan fingerprint density at radius 1 is 0.981 bits per heavy atom. The summed E-state index contributed by atoms with van der Waals surface area (Å²) in [5.74, 6) is -3.09. The minimum Gasteiger partial charge on any atom is -0.462 e. The molecule has 8 nitrogen and oxygen atoms in total. The van der Waals surface area contributed by atoms with Crippen LogP contribution < -0.4 is 4.52 Å². The van der Waals surface area contributed by atoms with Crippen LogP contribution in [0.3, 0.4) is 0 Å². The molecule has 2 N–H and O–H groups in total. The molecule has 0 spiro atoms. The molecule has 0 amide bonds. The molecule has 3 aliphatic carbocycles. The van der Waals surface area contributed by atoms with Crippen molar-refractivity contribution in [2.75, 3.05) is 32.1 Å². The van der Waals surface area contributed by atoms with Crippen molar-refractivity contribution < 1.29 is 54.6 Å². The summed E-state index contributed by atoms with van der Waals surface area (Å²) in [6.45, 7) is 2.95. The number of unbranched alkanes of at least 4 members (excludes halogenated alkanes) is 6. The van der Waals surface area contributed by atoms with E-state index in [9.17, 15) is 45.3 Å². The van der Waals surface area contributed by atoms with E-state index >= 15 is 0 Å². The molecular weight excluding hydrogens is 728 g/mol. The van der Waals surface area contributed by atoms with Crippen LogP contribution in [0.4, 0.5) is 22.0 Å². The molecule has 0 radical (unpaired) electrons. The quantitative estimate of drug-likeness (QED) is 0.0584. The second-order valence-corrected chi connectivity index (χ2v) is 18.6. The lowest BCUT2D eigenvalue weighted by molar-refractivity contribution is -0.284. The van der Waals surface area contributed by atoms with Crippen LogP contribution in [-0.4, -0.2) is 75.2 Å². The molecule has 0 aliphatic heterocycles. The fraction of sp³-hybridized carbons (Fsp3) is 0.811. The van der Waals surface area contributed by atoms with Gasteiger partial charge in [0.2, 0.25) is 0 Å². The summed E-state index contributed by atoms with van der Waals surface area (Å²) in [7, 11) is -2.23. The molecule has 0 heterocycles. The Kier molecular flexibility index (Phi) is 15.2. The molecule has 1 aromatic rings. The van der Waals surface area contributed by atoms with Gasteiger partial charge in [-0.3, -0.25) is 18.8 Å². The van der Waals surface area contributed by atoms with Crippen molar-refractivity contribution in [3.63, 3.8) is 0 Å². The highest BCUT2D eigenvalue weighted by molar-refractivity contribution is 7.84. The number of carbonyl (C=O) groups is 1. The maximum absolute atomic E-state index is 13.1. The molecule has 0 bridgehead atoms. The SMILES string of the molecule is CN(C)CCC(=O)O[C@H]1CC[C@H]2[C@@H]3[C@H](CCCCCCCCCS(=O)CCCC(F)(F)C(F)(F)F)Cc4cc(OP(=O)(O)O)ccc4[C@H]3CC[C@]12C. The lowest BCUT2D eigenvalue weighted by atomic mass is 9.52. The van der Waals surface area contributed by atoms with Crippen molar-refractivity contribution in [2.24, 2.45) is 23.2 Å². The lowest BCUT2D eigenvalue weighted by Gasteiger charge is -2.53. The van der Waals surface area contributed by atoms with Crippen molar-refractivity contribution >= 4 is 24.6 Å². The van der Waals surface area contributed by atoms with E-state index in [4.69, 9.17) is 9.26 Å². The highest BCUT2D eigenvalue weighted by atomic mass is 32.2. The van der Waals surface area contributed by atoms with Crippen molar-refractivity contribution in [3.05, 3.63) is 29.3 Å². The third-order valence-corrected chi connectivity index (χ3v) is 13.7. The lowest BCUT2D eigenvalue weighted by Crippen LogP contribution is -2.48. The van der Waals surface area contributed by atoms with Gasteiger partial charge in [-0.2, -0.15) is 22.0 Å². The monoisotopic (exact) mass is 785 g/mol. The van der Waals surface area contributed by atoms with Crippen LogP contribution in [0.25, 0.3) is 0 Å². The fourth-order valence-electron chi connectivity index (χ4n) is 9.17. The van der Waals surface area contributed by atoms with Crippen LogP contribution in [0.5, 0.6) is 5.75 Å². The Bertz CT molecular complexity index is 1410. The van der Waals surface area contributed by atoms with Crippen LogP contribution in [-0.2, 0) is 31.3 Å².